The Morgan fingerprint density at radius 1 is 1.26 bits per heavy atom. The van der Waals surface area contributed by atoms with Crippen molar-refractivity contribution in [2.45, 2.75) is 13.1 Å². The highest BCUT2D eigenvalue weighted by Crippen LogP contribution is 2.20. The predicted octanol–water partition coefficient (Wildman–Crippen LogP) is 2.78. The maximum Gasteiger partial charge on any atom is 0.246 e. The van der Waals surface area contributed by atoms with E-state index in [1.165, 1.54) is 0 Å². The Hall–Kier alpha value is -2.65. The van der Waals surface area contributed by atoms with E-state index in [0.717, 1.165) is 16.4 Å². The fourth-order valence-corrected chi connectivity index (χ4v) is 3.16. The van der Waals surface area contributed by atoms with Gasteiger partial charge in [0, 0.05) is 37.1 Å². The average Bonchev–Trinajstić information content (AvgIpc) is 3.31. The number of nitrogens with zero attached hydrogens (tertiary/aromatic N) is 5. The zero-order chi connectivity index (χ0) is 19.2. The molecule has 10 heteroatoms. The van der Waals surface area contributed by atoms with Crippen LogP contribution in [0.2, 0.25) is 5.02 Å². The van der Waals surface area contributed by atoms with Crippen LogP contribution in [-0.4, -0.2) is 42.2 Å². The van der Waals surface area contributed by atoms with Crippen molar-refractivity contribution < 1.29 is 4.52 Å². The first kappa shape index (κ1) is 19.1. The SMILES string of the molecule is CN=C(NCc1csc(N(C)C)n1)NCc1nc(-c2cccc(Cl)c2)no1. The molecule has 0 aliphatic rings. The van der Waals surface area contributed by atoms with Crippen molar-refractivity contribution in [2.75, 3.05) is 26.0 Å². The van der Waals surface area contributed by atoms with Crippen molar-refractivity contribution in [2.24, 2.45) is 4.99 Å². The van der Waals surface area contributed by atoms with Crippen molar-refractivity contribution in [1.29, 1.82) is 0 Å². The van der Waals surface area contributed by atoms with Gasteiger partial charge in [0.2, 0.25) is 11.7 Å². The summed E-state index contributed by atoms with van der Waals surface area (Å²) in [4.78, 5) is 15.1. The van der Waals surface area contributed by atoms with Crippen LogP contribution in [0.3, 0.4) is 0 Å². The van der Waals surface area contributed by atoms with Gasteiger partial charge in [-0.1, -0.05) is 28.9 Å². The van der Waals surface area contributed by atoms with Crippen LogP contribution >= 0.6 is 22.9 Å². The summed E-state index contributed by atoms with van der Waals surface area (Å²) in [7, 11) is 5.64. The third-order valence-electron chi connectivity index (χ3n) is 3.54. The lowest BCUT2D eigenvalue weighted by molar-refractivity contribution is 0.375. The number of rotatable bonds is 6. The first-order valence-electron chi connectivity index (χ1n) is 8.20. The van der Waals surface area contributed by atoms with Gasteiger partial charge in [0.25, 0.3) is 0 Å². The number of halogens is 1. The maximum atomic E-state index is 6.00. The standard InChI is InChI=1S/C17H20ClN7OS/c1-19-16(20-8-13-10-27-17(22-13)25(2)3)21-9-14-23-15(24-26-14)11-5-4-6-12(18)7-11/h4-7,10H,8-9H2,1-3H3,(H2,19,20,21). The molecule has 27 heavy (non-hydrogen) atoms. The minimum Gasteiger partial charge on any atom is -0.354 e. The van der Waals surface area contributed by atoms with E-state index < -0.39 is 0 Å². The summed E-state index contributed by atoms with van der Waals surface area (Å²) in [5, 5.41) is 14.0. The largest absolute Gasteiger partial charge is 0.354 e. The molecule has 0 radical (unpaired) electrons. The molecule has 2 aromatic heterocycles. The van der Waals surface area contributed by atoms with Gasteiger partial charge in [-0.05, 0) is 12.1 Å². The van der Waals surface area contributed by atoms with Crippen molar-refractivity contribution in [1.82, 2.24) is 25.8 Å². The van der Waals surface area contributed by atoms with Crippen LogP contribution in [-0.2, 0) is 13.1 Å². The Morgan fingerprint density at radius 2 is 2.07 bits per heavy atom. The number of anilines is 1. The molecule has 0 fully saturated rings. The minimum absolute atomic E-state index is 0.354. The van der Waals surface area contributed by atoms with E-state index in [1.54, 1.807) is 30.5 Å². The van der Waals surface area contributed by atoms with Gasteiger partial charge < -0.3 is 20.1 Å². The molecule has 0 saturated heterocycles. The van der Waals surface area contributed by atoms with Gasteiger partial charge in [-0.3, -0.25) is 4.99 Å². The number of hydrogen-bond donors (Lipinski definition) is 2. The number of aliphatic imine (C=N–C) groups is 1. The number of aromatic nitrogens is 3. The molecular formula is C17H20ClN7OS. The number of benzene rings is 1. The lowest BCUT2D eigenvalue weighted by Crippen LogP contribution is -2.36. The molecule has 3 aromatic rings. The summed E-state index contributed by atoms with van der Waals surface area (Å²) in [6.45, 7) is 0.925. The van der Waals surface area contributed by atoms with Crippen LogP contribution in [0.1, 0.15) is 11.6 Å². The van der Waals surface area contributed by atoms with Gasteiger partial charge in [-0.25, -0.2) is 4.98 Å². The lowest BCUT2D eigenvalue weighted by Gasteiger charge is -2.09. The third-order valence-corrected chi connectivity index (χ3v) is 4.83. The zero-order valence-corrected chi connectivity index (χ0v) is 16.8. The summed E-state index contributed by atoms with van der Waals surface area (Å²) in [6.07, 6.45) is 0. The molecule has 2 N–H and O–H groups in total. The molecule has 0 atom stereocenters. The molecule has 0 spiro atoms. The molecule has 0 unspecified atom stereocenters. The first-order valence-corrected chi connectivity index (χ1v) is 9.45. The Morgan fingerprint density at radius 3 is 2.78 bits per heavy atom. The third kappa shape index (κ3) is 5.18. The Labute approximate surface area is 166 Å². The smallest absolute Gasteiger partial charge is 0.246 e. The van der Waals surface area contributed by atoms with Gasteiger partial charge in [-0.15, -0.1) is 11.3 Å². The molecule has 8 nitrogen and oxygen atoms in total. The van der Waals surface area contributed by atoms with E-state index in [1.807, 2.05) is 36.5 Å². The molecule has 2 heterocycles. The van der Waals surface area contributed by atoms with Gasteiger partial charge in [0.05, 0.1) is 18.8 Å². The monoisotopic (exact) mass is 405 g/mol. The molecule has 142 valence electrons. The fourth-order valence-electron chi connectivity index (χ4n) is 2.21. The van der Waals surface area contributed by atoms with Crippen molar-refractivity contribution >= 4 is 34.0 Å². The quantitative estimate of drug-likeness (QED) is 0.481. The number of thiazole rings is 1. The van der Waals surface area contributed by atoms with E-state index in [4.69, 9.17) is 16.1 Å². The van der Waals surface area contributed by atoms with Crippen LogP contribution in [0.5, 0.6) is 0 Å². The van der Waals surface area contributed by atoms with Gasteiger partial charge in [0.1, 0.15) is 0 Å². The number of guanidine groups is 1. The summed E-state index contributed by atoms with van der Waals surface area (Å²) in [5.41, 5.74) is 1.76. The fraction of sp³-hybridized carbons (Fsp3) is 0.294. The summed E-state index contributed by atoms with van der Waals surface area (Å²) < 4.78 is 5.28. The first-order chi connectivity index (χ1) is 13.0. The van der Waals surface area contributed by atoms with E-state index in [0.29, 0.717) is 35.8 Å². The second-order valence-electron chi connectivity index (χ2n) is 5.82. The highest BCUT2D eigenvalue weighted by Gasteiger charge is 2.10. The molecule has 0 aliphatic heterocycles. The molecule has 0 bridgehead atoms. The van der Waals surface area contributed by atoms with Crippen molar-refractivity contribution in [3.05, 3.63) is 46.3 Å². The van der Waals surface area contributed by atoms with Crippen LogP contribution in [0.25, 0.3) is 11.4 Å². The second-order valence-corrected chi connectivity index (χ2v) is 7.09. The molecule has 0 aliphatic carbocycles. The minimum atomic E-state index is 0.354. The molecule has 3 rings (SSSR count). The highest BCUT2D eigenvalue weighted by molar-refractivity contribution is 7.13. The molecule has 1 aromatic carbocycles. The molecular weight excluding hydrogens is 386 g/mol. The van der Waals surface area contributed by atoms with E-state index in [2.05, 4.69) is 30.8 Å². The topological polar surface area (TPSA) is 91.5 Å². The normalized spacial score (nSPS) is 11.5. The Bertz CT molecular complexity index is 921. The number of hydrogen-bond acceptors (Lipinski definition) is 7. The van der Waals surface area contributed by atoms with Gasteiger partial charge in [0.15, 0.2) is 11.1 Å². The molecule has 0 amide bonds. The second kappa shape index (κ2) is 8.83. The van der Waals surface area contributed by atoms with Gasteiger partial charge >= 0.3 is 0 Å². The van der Waals surface area contributed by atoms with Crippen LogP contribution < -0.4 is 15.5 Å². The molecule has 0 saturated carbocycles. The van der Waals surface area contributed by atoms with Crippen molar-refractivity contribution in [3.63, 3.8) is 0 Å². The Balaban J connectivity index is 1.53. The Kier molecular flexibility index (Phi) is 6.25. The maximum absolute atomic E-state index is 6.00. The van der Waals surface area contributed by atoms with Crippen LogP contribution in [0.4, 0.5) is 5.13 Å². The number of nitrogens with one attached hydrogen (secondary N) is 2. The summed E-state index contributed by atoms with van der Waals surface area (Å²) in [6, 6.07) is 7.31. The van der Waals surface area contributed by atoms with Crippen LogP contribution in [0.15, 0.2) is 39.2 Å². The van der Waals surface area contributed by atoms with Crippen LogP contribution in [0, 0.1) is 0 Å². The van der Waals surface area contributed by atoms with Gasteiger partial charge in [-0.2, -0.15) is 4.98 Å². The van der Waals surface area contributed by atoms with E-state index in [-0.39, 0.29) is 0 Å². The average molecular weight is 406 g/mol. The zero-order valence-electron chi connectivity index (χ0n) is 15.2. The van der Waals surface area contributed by atoms with Crippen molar-refractivity contribution in [3.8, 4) is 11.4 Å². The summed E-state index contributed by atoms with van der Waals surface area (Å²) >= 11 is 7.60. The highest BCUT2D eigenvalue weighted by atomic mass is 35.5. The predicted molar refractivity (Wildman–Crippen MR) is 108 cm³/mol. The van der Waals surface area contributed by atoms with E-state index in [9.17, 15) is 0 Å². The van der Waals surface area contributed by atoms with E-state index >= 15 is 0 Å². The lowest BCUT2D eigenvalue weighted by atomic mass is 10.2. The summed E-state index contributed by atoms with van der Waals surface area (Å²) in [5.74, 6) is 1.57.